The molecule has 3 aromatic rings. The first-order valence-electron chi connectivity index (χ1n) is 12.5. The van der Waals surface area contributed by atoms with Gasteiger partial charge in [-0.3, -0.25) is 14.5 Å². The summed E-state index contributed by atoms with van der Waals surface area (Å²) in [6.45, 7) is 3.21. The molecule has 2 amide bonds. The van der Waals surface area contributed by atoms with Crippen LogP contribution >= 0.6 is 11.6 Å². The van der Waals surface area contributed by atoms with Crippen molar-refractivity contribution in [2.45, 2.75) is 19.0 Å². The lowest BCUT2D eigenvalue weighted by atomic mass is 9.97. The van der Waals surface area contributed by atoms with E-state index in [9.17, 15) is 9.59 Å². The standard InChI is InChI=1S/C30H32ClN3O3/c1-37-27-14-8-23(9-15-27)22-32-28(35)16-17-29(36)33-18-5-19-34(21-20-33)30(24-6-3-2-4-7-24)25-10-12-26(31)13-11-25/h2-4,6-17,30H,5,18-22H2,1H3,(H,32,35)/b17-16-. The number of ether oxygens (including phenoxy) is 1. The van der Waals surface area contributed by atoms with Crippen LogP contribution in [0.2, 0.25) is 5.02 Å². The molecule has 1 saturated heterocycles. The summed E-state index contributed by atoms with van der Waals surface area (Å²) in [7, 11) is 1.61. The summed E-state index contributed by atoms with van der Waals surface area (Å²) in [5.74, 6) is 0.316. The highest BCUT2D eigenvalue weighted by Crippen LogP contribution is 2.30. The molecule has 3 aromatic carbocycles. The Hall–Kier alpha value is -3.61. The van der Waals surface area contributed by atoms with Crippen molar-refractivity contribution in [3.8, 4) is 5.75 Å². The fourth-order valence-electron chi connectivity index (χ4n) is 4.55. The second-order valence-corrected chi connectivity index (χ2v) is 9.42. The van der Waals surface area contributed by atoms with Gasteiger partial charge in [-0.15, -0.1) is 0 Å². The van der Waals surface area contributed by atoms with Gasteiger partial charge in [0.2, 0.25) is 11.8 Å². The van der Waals surface area contributed by atoms with Crippen LogP contribution in [-0.4, -0.2) is 54.9 Å². The molecule has 1 aliphatic rings. The van der Waals surface area contributed by atoms with Crippen molar-refractivity contribution >= 4 is 23.4 Å². The van der Waals surface area contributed by atoms with Crippen molar-refractivity contribution in [1.82, 2.24) is 15.1 Å². The molecule has 1 atom stereocenters. The van der Waals surface area contributed by atoms with Gasteiger partial charge >= 0.3 is 0 Å². The van der Waals surface area contributed by atoms with Crippen LogP contribution in [0.1, 0.15) is 29.2 Å². The van der Waals surface area contributed by atoms with Crippen molar-refractivity contribution in [2.75, 3.05) is 33.3 Å². The molecule has 37 heavy (non-hydrogen) atoms. The zero-order valence-electron chi connectivity index (χ0n) is 21.0. The smallest absolute Gasteiger partial charge is 0.246 e. The van der Waals surface area contributed by atoms with Gasteiger partial charge in [0.1, 0.15) is 5.75 Å². The normalized spacial score (nSPS) is 15.2. The lowest BCUT2D eigenvalue weighted by molar-refractivity contribution is -0.126. The molecule has 0 spiro atoms. The molecule has 1 heterocycles. The molecule has 0 aliphatic carbocycles. The minimum atomic E-state index is -0.299. The first kappa shape index (κ1) is 26.5. The molecule has 1 unspecified atom stereocenters. The highest BCUT2D eigenvalue weighted by molar-refractivity contribution is 6.30. The van der Waals surface area contributed by atoms with Crippen molar-refractivity contribution in [2.24, 2.45) is 0 Å². The van der Waals surface area contributed by atoms with Crippen molar-refractivity contribution < 1.29 is 14.3 Å². The van der Waals surface area contributed by atoms with Crippen LogP contribution in [0.4, 0.5) is 0 Å². The van der Waals surface area contributed by atoms with E-state index in [1.807, 2.05) is 47.4 Å². The number of rotatable bonds is 8. The molecular weight excluding hydrogens is 486 g/mol. The molecule has 0 bridgehead atoms. The number of amides is 2. The maximum Gasteiger partial charge on any atom is 0.246 e. The van der Waals surface area contributed by atoms with E-state index in [4.69, 9.17) is 16.3 Å². The Morgan fingerprint density at radius 1 is 0.892 bits per heavy atom. The van der Waals surface area contributed by atoms with Crippen LogP contribution in [0, 0.1) is 0 Å². The van der Waals surface area contributed by atoms with Gasteiger partial charge in [-0.2, -0.15) is 0 Å². The average molecular weight is 518 g/mol. The van der Waals surface area contributed by atoms with E-state index in [0.29, 0.717) is 24.7 Å². The lowest BCUT2D eigenvalue weighted by Crippen LogP contribution is -2.36. The van der Waals surface area contributed by atoms with Gasteiger partial charge in [0, 0.05) is 49.9 Å². The Balaban J connectivity index is 1.35. The molecule has 6 nitrogen and oxygen atoms in total. The Morgan fingerprint density at radius 3 is 2.30 bits per heavy atom. The number of carbonyl (C=O) groups is 2. The second-order valence-electron chi connectivity index (χ2n) is 8.98. The molecule has 192 valence electrons. The molecule has 1 N–H and O–H groups in total. The first-order valence-corrected chi connectivity index (χ1v) is 12.8. The quantitative estimate of drug-likeness (QED) is 0.434. The van der Waals surface area contributed by atoms with E-state index in [0.717, 1.165) is 30.8 Å². The van der Waals surface area contributed by atoms with Gasteiger partial charge < -0.3 is 15.0 Å². The average Bonchev–Trinajstić information content (AvgIpc) is 3.19. The number of hydrogen-bond acceptors (Lipinski definition) is 4. The summed E-state index contributed by atoms with van der Waals surface area (Å²) >= 11 is 6.14. The van der Waals surface area contributed by atoms with Crippen LogP contribution in [0.25, 0.3) is 0 Å². The molecule has 0 aromatic heterocycles. The van der Waals surface area contributed by atoms with E-state index >= 15 is 0 Å². The lowest BCUT2D eigenvalue weighted by Gasteiger charge is -2.31. The molecule has 4 rings (SSSR count). The summed E-state index contributed by atoms with van der Waals surface area (Å²) in [5.41, 5.74) is 3.33. The SMILES string of the molecule is COc1ccc(CNC(=O)/C=C\C(=O)N2CCCN(C(c3ccccc3)c3ccc(Cl)cc3)CC2)cc1. The van der Waals surface area contributed by atoms with Crippen LogP contribution < -0.4 is 10.1 Å². The molecule has 1 fully saturated rings. The monoisotopic (exact) mass is 517 g/mol. The number of nitrogens with zero attached hydrogens (tertiary/aromatic N) is 2. The summed E-state index contributed by atoms with van der Waals surface area (Å²) in [5, 5.41) is 3.53. The Morgan fingerprint density at radius 2 is 1.59 bits per heavy atom. The summed E-state index contributed by atoms with van der Waals surface area (Å²) in [6, 6.07) is 25.9. The van der Waals surface area contributed by atoms with Crippen LogP contribution in [0.5, 0.6) is 5.75 Å². The summed E-state index contributed by atoms with van der Waals surface area (Å²) in [4.78, 5) is 29.4. The van der Waals surface area contributed by atoms with Crippen LogP contribution in [0.3, 0.4) is 0 Å². The van der Waals surface area contributed by atoms with Crippen molar-refractivity contribution in [3.05, 3.63) is 113 Å². The van der Waals surface area contributed by atoms with Gasteiger partial charge in [-0.1, -0.05) is 66.2 Å². The maximum atomic E-state index is 12.9. The van der Waals surface area contributed by atoms with Crippen molar-refractivity contribution in [1.29, 1.82) is 0 Å². The van der Waals surface area contributed by atoms with E-state index in [2.05, 4.69) is 46.6 Å². The van der Waals surface area contributed by atoms with E-state index < -0.39 is 0 Å². The number of hydrogen-bond donors (Lipinski definition) is 1. The number of benzene rings is 3. The van der Waals surface area contributed by atoms with E-state index in [1.165, 1.54) is 23.3 Å². The van der Waals surface area contributed by atoms with E-state index in [-0.39, 0.29) is 17.9 Å². The number of halogens is 1. The highest BCUT2D eigenvalue weighted by Gasteiger charge is 2.26. The Kier molecular flexibility index (Phi) is 9.35. The fraction of sp³-hybridized carbons (Fsp3) is 0.267. The largest absolute Gasteiger partial charge is 0.497 e. The van der Waals surface area contributed by atoms with E-state index in [1.54, 1.807) is 7.11 Å². The molecule has 0 saturated carbocycles. The number of nitrogens with one attached hydrogen (secondary N) is 1. The third-order valence-electron chi connectivity index (χ3n) is 6.51. The Bertz CT molecular complexity index is 1200. The molecule has 7 heteroatoms. The topological polar surface area (TPSA) is 61.9 Å². The van der Waals surface area contributed by atoms with Gasteiger partial charge in [0.25, 0.3) is 0 Å². The predicted octanol–water partition coefficient (Wildman–Crippen LogP) is 4.84. The van der Waals surface area contributed by atoms with Crippen molar-refractivity contribution in [3.63, 3.8) is 0 Å². The number of methoxy groups -OCH3 is 1. The zero-order chi connectivity index (χ0) is 26.0. The zero-order valence-corrected chi connectivity index (χ0v) is 21.7. The second kappa shape index (κ2) is 13.1. The maximum absolute atomic E-state index is 12.9. The first-order chi connectivity index (χ1) is 18.0. The highest BCUT2D eigenvalue weighted by atomic mass is 35.5. The van der Waals surface area contributed by atoms with Gasteiger partial charge in [-0.05, 0) is 47.4 Å². The minimum absolute atomic E-state index is 0.0767. The van der Waals surface area contributed by atoms with Crippen LogP contribution in [0.15, 0.2) is 91.0 Å². The third kappa shape index (κ3) is 7.44. The van der Waals surface area contributed by atoms with Gasteiger partial charge in [-0.25, -0.2) is 0 Å². The summed E-state index contributed by atoms with van der Waals surface area (Å²) in [6.07, 6.45) is 3.53. The molecule has 1 aliphatic heterocycles. The summed E-state index contributed by atoms with van der Waals surface area (Å²) < 4.78 is 5.15. The fourth-order valence-corrected chi connectivity index (χ4v) is 4.68. The van der Waals surface area contributed by atoms with Gasteiger partial charge in [0.05, 0.1) is 13.2 Å². The predicted molar refractivity (Wildman–Crippen MR) is 146 cm³/mol. The third-order valence-corrected chi connectivity index (χ3v) is 6.76. The molecule has 0 radical (unpaired) electrons. The minimum Gasteiger partial charge on any atom is -0.497 e. The van der Waals surface area contributed by atoms with Gasteiger partial charge in [0.15, 0.2) is 0 Å². The number of carbonyl (C=O) groups excluding carboxylic acids is 2. The molecular formula is C30H32ClN3O3. The Labute approximate surface area is 223 Å². The van der Waals surface area contributed by atoms with Crippen LogP contribution in [-0.2, 0) is 16.1 Å².